The maximum atomic E-state index is 6.13. The maximum absolute atomic E-state index is 6.13. The Morgan fingerprint density at radius 2 is 2.05 bits per heavy atom. The van der Waals surface area contributed by atoms with Crippen molar-refractivity contribution in [3.8, 4) is 0 Å². The van der Waals surface area contributed by atoms with Crippen molar-refractivity contribution in [3.05, 3.63) is 34.9 Å². The average molecular weight is 314 g/mol. The topological polar surface area (TPSA) is 36.4 Å². The summed E-state index contributed by atoms with van der Waals surface area (Å²) >= 11 is 8.03. The van der Waals surface area contributed by atoms with Crippen LogP contribution in [-0.4, -0.2) is 31.1 Å². The molecule has 0 spiro atoms. The Morgan fingerprint density at radius 3 is 2.75 bits per heavy atom. The first kappa shape index (κ1) is 17.2. The first-order chi connectivity index (χ1) is 9.77. The summed E-state index contributed by atoms with van der Waals surface area (Å²) in [4.78, 5) is 4.57. The van der Waals surface area contributed by atoms with Crippen LogP contribution in [0.1, 0.15) is 25.3 Å². The molecular formula is C15H24ClN3S. The number of thioether (sulfide) groups is 1. The second kappa shape index (κ2) is 10.9. The molecule has 0 aliphatic rings. The Kier molecular flexibility index (Phi) is 9.33. The van der Waals surface area contributed by atoms with Crippen LogP contribution in [0.25, 0.3) is 0 Å². The molecule has 0 saturated heterocycles. The maximum Gasteiger partial charge on any atom is 0.191 e. The molecule has 5 heteroatoms. The summed E-state index contributed by atoms with van der Waals surface area (Å²) in [6.45, 7) is 4.48. The Morgan fingerprint density at radius 1 is 1.25 bits per heavy atom. The van der Waals surface area contributed by atoms with E-state index in [1.807, 2.05) is 36.0 Å². The van der Waals surface area contributed by atoms with Gasteiger partial charge in [-0.1, -0.05) is 29.8 Å². The minimum absolute atomic E-state index is 0.597. The van der Waals surface area contributed by atoms with E-state index in [-0.39, 0.29) is 0 Å². The van der Waals surface area contributed by atoms with Gasteiger partial charge in [-0.15, -0.1) is 0 Å². The summed E-state index contributed by atoms with van der Waals surface area (Å²) in [7, 11) is 0. The second-order valence-electron chi connectivity index (χ2n) is 4.41. The van der Waals surface area contributed by atoms with Crippen LogP contribution in [0.3, 0.4) is 0 Å². The van der Waals surface area contributed by atoms with E-state index >= 15 is 0 Å². The lowest BCUT2D eigenvalue weighted by Crippen LogP contribution is -2.37. The van der Waals surface area contributed by atoms with Gasteiger partial charge in [0.1, 0.15) is 0 Å². The third-order valence-corrected chi connectivity index (χ3v) is 3.84. The summed E-state index contributed by atoms with van der Waals surface area (Å²) in [6, 6.07) is 7.83. The van der Waals surface area contributed by atoms with Crippen LogP contribution >= 0.6 is 23.4 Å². The molecule has 0 amide bonds. The predicted molar refractivity (Wildman–Crippen MR) is 91.9 cm³/mol. The minimum atomic E-state index is 0.597. The van der Waals surface area contributed by atoms with Crippen LogP contribution in [0.4, 0.5) is 0 Å². The monoisotopic (exact) mass is 313 g/mol. The minimum Gasteiger partial charge on any atom is -0.357 e. The molecule has 112 valence electrons. The van der Waals surface area contributed by atoms with E-state index in [9.17, 15) is 0 Å². The molecule has 0 radical (unpaired) electrons. The van der Waals surface area contributed by atoms with Crippen molar-refractivity contribution in [1.29, 1.82) is 0 Å². The SMILES string of the molecule is CCNC(=NCc1ccccc1Cl)NCCCCSC. The molecular weight excluding hydrogens is 290 g/mol. The molecule has 0 aromatic heterocycles. The summed E-state index contributed by atoms with van der Waals surface area (Å²) in [6.07, 6.45) is 4.54. The summed E-state index contributed by atoms with van der Waals surface area (Å²) in [5.41, 5.74) is 1.05. The fraction of sp³-hybridized carbons (Fsp3) is 0.533. The van der Waals surface area contributed by atoms with E-state index < -0.39 is 0 Å². The number of guanidine groups is 1. The van der Waals surface area contributed by atoms with Gasteiger partial charge < -0.3 is 10.6 Å². The number of hydrogen-bond acceptors (Lipinski definition) is 2. The lowest BCUT2D eigenvalue weighted by Gasteiger charge is -2.11. The van der Waals surface area contributed by atoms with E-state index in [0.717, 1.165) is 36.1 Å². The van der Waals surface area contributed by atoms with E-state index in [2.05, 4.69) is 28.8 Å². The smallest absolute Gasteiger partial charge is 0.191 e. The van der Waals surface area contributed by atoms with Crippen LogP contribution in [0.5, 0.6) is 0 Å². The summed E-state index contributed by atoms with van der Waals surface area (Å²) in [5, 5.41) is 7.38. The van der Waals surface area contributed by atoms with Crippen molar-refractivity contribution in [2.24, 2.45) is 4.99 Å². The van der Waals surface area contributed by atoms with Crippen molar-refractivity contribution in [2.45, 2.75) is 26.3 Å². The summed E-state index contributed by atoms with van der Waals surface area (Å²) < 4.78 is 0. The molecule has 0 saturated carbocycles. The molecule has 0 heterocycles. The van der Waals surface area contributed by atoms with Gasteiger partial charge in [-0.05, 0) is 43.4 Å². The van der Waals surface area contributed by atoms with E-state index in [1.54, 1.807) is 0 Å². The highest BCUT2D eigenvalue weighted by atomic mass is 35.5. The van der Waals surface area contributed by atoms with Crippen molar-refractivity contribution in [2.75, 3.05) is 25.1 Å². The number of unbranched alkanes of at least 4 members (excludes halogenated alkanes) is 1. The van der Waals surface area contributed by atoms with Gasteiger partial charge in [0.25, 0.3) is 0 Å². The zero-order valence-electron chi connectivity index (χ0n) is 12.3. The van der Waals surface area contributed by atoms with Crippen LogP contribution in [0, 0.1) is 0 Å². The van der Waals surface area contributed by atoms with Gasteiger partial charge in [0.05, 0.1) is 6.54 Å². The van der Waals surface area contributed by atoms with Crippen molar-refractivity contribution in [1.82, 2.24) is 10.6 Å². The normalized spacial score (nSPS) is 11.4. The Balaban J connectivity index is 2.44. The van der Waals surface area contributed by atoms with Crippen LogP contribution < -0.4 is 10.6 Å². The molecule has 0 unspecified atom stereocenters. The standard InChI is InChI=1S/C15H24ClN3S/c1-3-17-15(18-10-6-7-11-20-2)19-12-13-8-4-5-9-14(13)16/h4-5,8-9H,3,6-7,10-12H2,1-2H3,(H2,17,18,19). The molecule has 1 rings (SSSR count). The molecule has 0 fully saturated rings. The average Bonchev–Trinajstić information content (AvgIpc) is 2.46. The van der Waals surface area contributed by atoms with Gasteiger partial charge in [-0.2, -0.15) is 11.8 Å². The highest BCUT2D eigenvalue weighted by Gasteiger charge is 2.00. The van der Waals surface area contributed by atoms with Crippen molar-refractivity contribution in [3.63, 3.8) is 0 Å². The lowest BCUT2D eigenvalue weighted by molar-refractivity contribution is 0.734. The molecule has 0 atom stereocenters. The summed E-state index contributed by atoms with van der Waals surface area (Å²) in [5.74, 6) is 2.08. The van der Waals surface area contributed by atoms with Crippen molar-refractivity contribution < 1.29 is 0 Å². The molecule has 1 aromatic rings. The number of nitrogens with zero attached hydrogens (tertiary/aromatic N) is 1. The van der Waals surface area contributed by atoms with Gasteiger partial charge in [0, 0.05) is 18.1 Å². The zero-order valence-corrected chi connectivity index (χ0v) is 13.9. The van der Waals surface area contributed by atoms with E-state index in [0.29, 0.717) is 6.54 Å². The largest absolute Gasteiger partial charge is 0.357 e. The highest BCUT2D eigenvalue weighted by Crippen LogP contribution is 2.15. The molecule has 0 aliphatic heterocycles. The number of hydrogen-bond donors (Lipinski definition) is 2. The quantitative estimate of drug-likeness (QED) is 0.438. The van der Waals surface area contributed by atoms with Gasteiger partial charge in [0.15, 0.2) is 5.96 Å². The number of rotatable bonds is 8. The van der Waals surface area contributed by atoms with Crippen LogP contribution in [-0.2, 0) is 6.54 Å². The highest BCUT2D eigenvalue weighted by molar-refractivity contribution is 7.98. The Bertz CT molecular complexity index is 410. The first-order valence-corrected chi connectivity index (χ1v) is 8.79. The van der Waals surface area contributed by atoms with Gasteiger partial charge in [-0.3, -0.25) is 0 Å². The molecule has 2 N–H and O–H groups in total. The Labute approximate surface area is 131 Å². The van der Waals surface area contributed by atoms with Crippen LogP contribution in [0.15, 0.2) is 29.3 Å². The molecule has 3 nitrogen and oxygen atoms in total. The van der Waals surface area contributed by atoms with Crippen LogP contribution in [0.2, 0.25) is 5.02 Å². The number of aliphatic imine (C=N–C) groups is 1. The molecule has 1 aromatic carbocycles. The zero-order chi connectivity index (χ0) is 14.6. The third kappa shape index (κ3) is 7.06. The Hall–Kier alpha value is -0.870. The second-order valence-corrected chi connectivity index (χ2v) is 5.81. The number of benzene rings is 1. The predicted octanol–water partition coefficient (Wildman–Crippen LogP) is 3.54. The van der Waals surface area contributed by atoms with E-state index in [1.165, 1.54) is 12.2 Å². The van der Waals surface area contributed by atoms with E-state index in [4.69, 9.17) is 11.6 Å². The lowest BCUT2D eigenvalue weighted by atomic mass is 10.2. The van der Waals surface area contributed by atoms with Gasteiger partial charge in [-0.25, -0.2) is 4.99 Å². The number of nitrogens with one attached hydrogen (secondary N) is 2. The van der Waals surface area contributed by atoms with Gasteiger partial charge in [0.2, 0.25) is 0 Å². The first-order valence-electron chi connectivity index (χ1n) is 7.02. The fourth-order valence-corrected chi connectivity index (χ4v) is 2.40. The van der Waals surface area contributed by atoms with Gasteiger partial charge >= 0.3 is 0 Å². The molecule has 0 bridgehead atoms. The number of halogens is 1. The molecule has 0 aliphatic carbocycles. The molecule has 20 heavy (non-hydrogen) atoms. The van der Waals surface area contributed by atoms with Crippen molar-refractivity contribution >= 4 is 29.3 Å². The fourth-order valence-electron chi connectivity index (χ4n) is 1.71. The third-order valence-electron chi connectivity index (χ3n) is 2.78.